The van der Waals surface area contributed by atoms with Crippen molar-refractivity contribution in [3.8, 4) is 23.1 Å². The molecule has 73 heavy (non-hydrogen) atoms. The van der Waals surface area contributed by atoms with Gasteiger partial charge < -0.3 is 39.4 Å². The minimum absolute atomic E-state index is 0.00326. The van der Waals surface area contributed by atoms with E-state index in [4.69, 9.17) is 19.2 Å². The Kier molecular flexibility index (Phi) is 13.1. The monoisotopic (exact) mass is 1020 g/mol. The van der Waals surface area contributed by atoms with Gasteiger partial charge in [-0.1, -0.05) is 38.1 Å². The third-order valence-electron chi connectivity index (χ3n) is 17.0. The van der Waals surface area contributed by atoms with Crippen LogP contribution < -0.4 is 29.1 Å². The van der Waals surface area contributed by atoms with Crippen LogP contribution in [-0.2, 0) is 10.0 Å². The van der Waals surface area contributed by atoms with Gasteiger partial charge in [0, 0.05) is 73.7 Å². The number of carbonyl (C=O) groups is 1. The van der Waals surface area contributed by atoms with E-state index in [2.05, 4.69) is 67.8 Å². The number of likely N-dealkylation sites (N-methyl/N-ethyl adjacent to an activating group) is 1. The van der Waals surface area contributed by atoms with Crippen LogP contribution in [0, 0.1) is 21.4 Å². The molecule has 388 valence electrons. The summed E-state index contributed by atoms with van der Waals surface area (Å²) in [4.78, 5) is 41.0. The van der Waals surface area contributed by atoms with Gasteiger partial charge in [0.15, 0.2) is 17.2 Å². The number of aromatic nitrogens is 2. The molecule has 3 atom stereocenters. The first-order valence-electron chi connectivity index (χ1n) is 26.3. The summed E-state index contributed by atoms with van der Waals surface area (Å²) in [7, 11) is -2.68. The van der Waals surface area contributed by atoms with Crippen molar-refractivity contribution < 1.29 is 37.5 Å². The fraction of sp³-hybridized carbons (Fsp3) is 0.527. The van der Waals surface area contributed by atoms with Crippen molar-refractivity contribution in [2.75, 3.05) is 56.6 Å². The topological polar surface area (TPSA) is 205 Å². The zero-order chi connectivity index (χ0) is 50.8. The molecule has 17 nitrogen and oxygen atoms in total. The van der Waals surface area contributed by atoms with Gasteiger partial charge in [-0.15, -0.1) is 0 Å². The number of nitro benzene ring substituents is 1. The van der Waals surface area contributed by atoms with Crippen LogP contribution in [0.2, 0.25) is 0 Å². The number of carbonyl (C=O) groups excluding carboxylic acids is 1. The zero-order valence-corrected chi connectivity index (χ0v) is 43.1. The molecule has 4 aliphatic heterocycles. The fourth-order valence-electron chi connectivity index (χ4n) is 12.8. The van der Waals surface area contributed by atoms with Crippen LogP contribution in [-0.4, -0.2) is 114 Å². The number of sulfonamides is 1. The number of hydrogen-bond acceptors (Lipinski definition) is 14. The van der Waals surface area contributed by atoms with Crippen molar-refractivity contribution in [3.05, 3.63) is 99.7 Å². The lowest BCUT2D eigenvalue weighted by atomic mass is 9.59. The maximum Gasteiger partial charge on any atom is 0.297 e. The molecule has 3 aromatic carbocycles. The van der Waals surface area contributed by atoms with Gasteiger partial charge in [-0.2, -0.15) is 4.98 Å². The van der Waals surface area contributed by atoms with Crippen LogP contribution in [0.1, 0.15) is 125 Å². The van der Waals surface area contributed by atoms with Gasteiger partial charge >= 0.3 is 0 Å². The summed E-state index contributed by atoms with van der Waals surface area (Å²) in [6, 6.07) is 20.7. The number of ether oxygens (including phenoxy) is 3. The molecule has 2 saturated carbocycles. The van der Waals surface area contributed by atoms with Crippen molar-refractivity contribution in [2.45, 2.75) is 132 Å². The van der Waals surface area contributed by atoms with Gasteiger partial charge in [-0.3, -0.25) is 19.8 Å². The molecule has 0 unspecified atom stereocenters. The number of nitrogens with zero attached hydrogens (tertiary/aromatic N) is 5. The lowest BCUT2D eigenvalue weighted by Gasteiger charge is -2.56. The Labute approximate surface area is 427 Å². The number of amides is 1. The number of benzene rings is 3. The summed E-state index contributed by atoms with van der Waals surface area (Å²) in [6.07, 6.45) is 11.8. The highest BCUT2D eigenvalue weighted by atomic mass is 32.2. The van der Waals surface area contributed by atoms with E-state index < -0.39 is 37.0 Å². The first-order valence-corrected chi connectivity index (χ1v) is 27.7. The van der Waals surface area contributed by atoms with Gasteiger partial charge in [0.05, 0.1) is 27.0 Å². The first kappa shape index (κ1) is 49.3. The third-order valence-corrected chi connectivity index (χ3v) is 18.3. The summed E-state index contributed by atoms with van der Waals surface area (Å²) >= 11 is 0. The number of nitro groups is 1. The van der Waals surface area contributed by atoms with Gasteiger partial charge in [0.1, 0.15) is 24.1 Å². The molecule has 0 radical (unpaired) electrons. The predicted molar refractivity (Wildman–Crippen MR) is 278 cm³/mol. The van der Waals surface area contributed by atoms with Gasteiger partial charge in [0.25, 0.3) is 27.5 Å². The van der Waals surface area contributed by atoms with Crippen LogP contribution in [0.3, 0.4) is 0 Å². The van der Waals surface area contributed by atoms with Crippen molar-refractivity contribution in [3.63, 3.8) is 0 Å². The number of hydrogen-bond donors (Lipinski definition) is 4. The van der Waals surface area contributed by atoms with Crippen LogP contribution in [0.4, 0.5) is 17.1 Å². The Morgan fingerprint density at radius 1 is 0.973 bits per heavy atom. The molecule has 1 amide bonds. The number of aromatic amines is 1. The van der Waals surface area contributed by atoms with E-state index in [1.165, 1.54) is 42.9 Å². The van der Waals surface area contributed by atoms with Crippen LogP contribution in [0.15, 0.2) is 77.8 Å². The van der Waals surface area contributed by atoms with Crippen LogP contribution in [0.25, 0.3) is 11.0 Å². The summed E-state index contributed by atoms with van der Waals surface area (Å²) in [5.41, 5.74) is 3.40. The summed E-state index contributed by atoms with van der Waals surface area (Å²) in [5, 5.41) is 27.0. The van der Waals surface area contributed by atoms with E-state index in [1.54, 1.807) is 24.4 Å². The number of H-pyrrole nitrogens is 1. The first-order chi connectivity index (χ1) is 35.0. The normalized spacial score (nSPS) is 25.5. The number of rotatable bonds is 13. The van der Waals surface area contributed by atoms with Crippen molar-refractivity contribution >= 4 is 44.0 Å². The molecule has 2 aromatic heterocycles. The van der Waals surface area contributed by atoms with E-state index in [0.717, 1.165) is 62.6 Å². The second-order valence-corrected chi connectivity index (χ2v) is 24.1. The lowest BCUT2D eigenvalue weighted by molar-refractivity contribution is -0.384. The molecule has 6 aliphatic rings. The van der Waals surface area contributed by atoms with Crippen LogP contribution in [0.5, 0.6) is 23.1 Å². The number of anilines is 2. The lowest BCUT2D eigenvalue weighted by Crippen LogP contribution is -2.54. The van der Waals surface area contributed by atoms with Crippen LogP contribution >= 0.6 is 0 Å². The number of nitrogens with one attached hydrogen (secondary N) is 3. The minimum Gasteiger partial charge on any atom is -0.489 e. The van der Waals surface area contributed by atoms with E-state index in [9.17, 15) is 28.4 Å². The largest absolute Gasteiger partial charge is 0.489 e. The SMILES string of the molecule is CC(C)c1ccccc1[C@@H]1CCCN1C1CC2(CCN(c3ccc(C(=O)NS(=O)(=O)c4cc5c(c([N+](=O)[O-])c4)N[C@@H]([C@H]4CC[C@](C)(O)CC4)CO5)c(Oc4cc5cc[nH]c5nc4O[C@H]4CCN(C)C4)c3)CC2)C1. The predicted octanol–water partition coefficient (Wildman–Crippen LogP) is 9.29. The third kappa shape index (κ3) is 9.95. The summed E-state index contributed by atoms with van der Waals surface area (Å²) in [6.45, 7) is 10.8. The molecule has 18 heteroatoms. The maximum absolute atomic E-state index is 14.5. The quantitative estimate of drug-likeness (QED) is 0.0641. The van der Waals surface area contributed by atoms with E-state index in [-0.39, 0.29) is 64.5 Å². The second-order valence-electron chi connectivity index (χ2n) is 22.4. The number of aliphatic hydroxyl groups is 1. The van der Waals surface area contributed by atoms with E-state index in [1.807, 2.05) is 26.1 Å². The van der Waals surface area contributed by atoms with Crippen molar-refractivity contribution in [1.82, 2.24) is 24.5 Å². The minimum atomic E-state index is -4.72. The standard InChI is InChI=1S/C55H68N8O9S/c1-34(2)41-8-5-6-9-42(41)45-10-7-22-62(45)38-30-55(31-38)19-24-61(25-20-55)37-11-12-43(47(27-37)72-49-26-36-15-21-56-51(36)58-53(49)71-39-16-23-60(4)32-39)52(64)59-73(68,69)40-28-46(63(66)67)50-48(29-40)70-33-44(57-50)35-13-17-54(3,65)18-14-35/h5-6,8-9,11-12,15,21,26-29,34-35,38-39,44-45,57,65H,7,10,13-14,16-20,22-25,30-33H2,1-4H3,(H,56,58)(H,59,64)/t35-,39-,44+,45-,54-/m0/s1. The Morgan fingerprint density at radius 3 is 2.49 bits per heavy atom. The Balaban J connectivity index is 0.846. The molecule has 2 aliphatic carbocycles. The van der Waals surface area contributed by atoms with Gasteiger partial charge in [-0.05, 0) is 144 Å². The summed E-state index contributed by atoms with van der Waals surface area (Å²) < 4.78 is 49.8. The van der Waals surface area contributed by atoms with Crippen molar-refractivity contribution in [2.24, 2.45) is 11.3 Å². The number of pyridine rings is 1. The number of piperidine rings is 1. The van der Waals surface area contributed by atoms with Gasteiger partial charge in [-0.25, -0.2) is 13.1 Å². The van der Waals surface area contributed by atoms with E-state index >= 15 is 0 Å². The highest BCUT2D eigenvalue weighted by molar-refractivity contribution is 7.90. The fourth-order valence-corrected chi connectivity index (χ4v) is 13.8. The second kappa shape index (κ2) is 19.4. The number of fused-ring (bicyclic) bond motifs is 2. The molecule has 5 fully saturated rings. The highest BCUT2D eigenvalue weighted by Crippen LogP contribution is 2.55. The van der Waals surface area contributed by atoms with Gasteiger partial charge in [0.2, 0.25) is 0 Å². The smallest absolute Gasteiger partial charge is 0.297 e. The molecule has 1 spiro atoms. The Hall–Kier alpha value is -5.95. The molecule has 4 N–H and O–H groups in total. The van der Waals surface area contributed by atoms with E-state index in [0.29, 0.717) is 55.9 Å². The molecular formula is C55H68N8O9S. The number of likely N-dealkylation sites (tertiary alicyclic amines) is 2. The molecule has 5 aromatic rings. The molecule has 6 heterocycles. The Bertz CT molecular complexity index is 3010. The zero-order valence-electron chi connectivity index (χ0n) is 42.3. The summed E-state index contributed by atoms with van der Waals surface area (Å²) in [5.74, 6) is 0.182. The molecule has 11 rings (SSSR count). The Morgan fingerprint density at radius 2 is 1.75 bits per heavy atom. The van der Waals surface area contributed by atoms with Crippen molar-refractivity contribution in [1.29, 1.82) is 0 Å². The maximum atomic E-state index is 14.5. The highest BCUT2D eigenvalue weighted by Gasteiger charge is 2.50. The molecule has 3 saturated heterocycles. The molecular weight excluding hydrogens is 949 g/mol. The average molecular weight is 1020 g/mol. The molecule has 0 bridgehead atoms. The average Bonchev–Trinajstić information content (AvgIpc) is 4.14.